The molecule has 0 aliphatic carbocycles. The molecule has 1 fully saturated rings. The van der Waals surface area contributed by atoms with Crippen LogP contribution in [0.1, 0.15) is 24.3 Å². The van der Waals surface area contributed by atoms with Crippen molar-refractivity contribution in [2.45, 2.75) is 18.8 Å². The van der Waals surface area contributed by atoms with E-state index in [-0.39, 0.29) is 24.6 Å². The summed E-state index contributed by atoms with van der Waals surface area (Å²) in [6.45, 7) is 0.370. The maximum absolute atomic E-state index is 13.6. The van der Waals surface area contributed by atoms with Crippen LogP contribution in [0.4, 0.5) is 8.78 Å². The van der Waals surface area contributed by atoms with Crippen molar-refractivity contribution in [3.63, 3.8) is 0 Å². The fraction of sp³-hybridized carbons (Fsp3) is 0.455. The Kier molecular flexibility index (Phi) is 3.89. The first-order chi connectivity index (χ1) is 8.39. The Bertz CT molecular complexity index is 522. The third-order valence-corrected chi connectivity index (χ3v) is 4.74. The molecular formula is C11H12ClF2NO2S. The second kappa shape index (κ2) is 5.11. The molecule has 1 aromatic rings. The summed E-state index contributed by atoms with van der Waals surface area (Å²) in [5.74, 6) is -1.47. The van der Waals surface area contributed by atoms with Gasteiger partial charge in [0.1, 0.15) is 11.6 Å². The van der Waals surface area contributed by atoms with Crippen LogP contribution >= 0.6 is 10.7 Å². The van der Waals surface area contributed by atoms with Crippen LogP contribution in [0, 0.1) is 11.6 Å². The van der Waals surface area contributed by atoms with Crippen molar-refractivity contribution in [3.05, 3.63) is 35.4 Å². The molecule has 0 saturated carbocycles. The predicted octanol–water partition coefficient (Wildman–Crippen LogP) is 2.63. The Labute approximate surface area is 109 Å². The van der Waals surface area contributed by atoms with Gasteiger partial charge in [-0.1, -0.05) is 6.07 Å². The number of hydrogen-bond donors (Lipinski definition) is 0. The fourth-order valence-corrected chi connectivity index (χ4v) is 3.32. The highest BCUT2D eigenvalue weighted by Crippen LogP contribution is 2.32. The van der Waals surface area contributed by atoms with Gasteiger partial charge in [-0.2, -0.15) is 12.7 Å². The minimum atomic E-state index is -3.73. The molecule has 100 valence electrons. The highest BCUT2D eigenvalue weighted by Gasteiger charge is 2.29. The molecule has 0 amide bonds. The van der Waals surface area contributed by atoms with Crippen LogP contribution in [0.5, 0.6) is 0 Å². The molecular weight excluding hydrogens is 284 g/mol. The molecule has 1 heterocycles. The van der Waals surface area contributed by atoms with Gasteiger partial charge in [0.05, 0.1) is 0 Å². The van der Waals surface area contributed by atoms with Crippen LogP contribution in [0.2, 0.25) is 0 Å². The number of benzene rings is 1. The second-order valence-corrected chi connectivity index (χ2v) is 6.76. The van der Waals surface area contributed by atoms with E-state index in [2.05, 4.69) is 0 Å². The van der Waals surface area contributed by atoms with Gasteiger partial charge in [-0.05, 0) is 30.9 Å². The van der Waals surface area contributed by atoms with Crippen molar-refractivity contribution in [1.29, 1.82) is 0 Å². The average Bonchev–Trinajstić information content (AvgIpc) is 2.28. The molecule has 1 saturated heterocycles. The average molecular weight is 296 g/mol. The first-order valence-corrected chi connectivity index (χ1v) is 7.80. The molecule has 2 rings (SSSR count). The van der Waals surface area contributed by atoms with Crippen molar-refractivity contribution in [3.8, 4) is 0 Å². The number of piperidine rings is 1. The molecule has 0 N–H and O–H groups in total. The number of nitrogens with zero attached hydrogens (tertiary/aromatic N) is 1. The summed E-state index contributed by atoms with van der Waals surface area (Å²) in [7, 11) is 1.48. The summed E-state index contributed by atoms with van der Waals surface area (Å²) in [5, 5.41) is 0. The van der Waals surface area contributed by atoms with Crippen LogP contribution in [0.15, 0.2) is 18.2 Å². The van der Waals surface area contributed by atoms with E-state index in [0.717, 1.165) is 4.31 Å². The van der Waals surface area contributed by atoms with Gasteiger partial charge in [-0.25, -0.2) is 8.78 Å². The topological polar surface area (TPSA) is 37.4 Å². The molecule has 1 aliphatic rings. The van der Waals surface area contributed by atoms with E-state index < -0.39 is 20.9 Å². The number of hydrogen-bond acceptors (Lipinski definition) is 2. The van der Waals surface area contributed by atoms with E-state index >= 15 is 0 Å². The molecule has 0 aromatic heterocycles. The minimum Gasteiger partial charge on any atom is -0.207 e. The normalized spacial score (nSPS) is 19.1. The van der Waals surface area contributed by atoms with Crippen LogP contribution in [0.3, 0.4) is 0 Å². The zero-order valence-corrected chi connectivity index (χ0v) is 11.0. The molecule has 0 radical (unpaired) electrons. The lowest BCUT2D eigenvalue weighted by Crippen LogP contribution is -2.35. The Morgan fingerprint density at radius 1 is 1.17 bits per heavy atom. The van der Waals surface area contributed by atoms with Gasteiger partial charge in [-0.15, -0.1) is 0 Å². The largest absolute Gasteiger partial charge is 0.299 e. The van der Waals surface area contributed by atoms with Crippen LogP contribution in [-0.2, 0) is 9.24 Å². The Hall–Kier alpha value is -0.720. The van der Waals surface area contributed by atoms with Crippen LogP contribution in [0.25, 0.3) is 0 Å². The van der Waals surface area contributed by atoms with E-state index in [1.54, 1.807) is 0 Å². The molecule has 1 aliphatic heterocycles. The zero-order valence-electron chi connectivity index (χ0n) is 9.44. The van der Waals surface area contributed by atoms with Crippen molar-refractivity contribution >= 4 is 19.9 Å². The van der Waals surface area contributed by atoms with E-state index in [1.165, 1.54) is 18.2 Å². The summed E-state index contributed by atoms with van der Waals surface area (Å²) in [4.78, 5) is 0. The van der Waals surface area contributed by atoms with E-state index in [1.807, 2.05) is 0 Å². The lowest BCUT2D eigenvalue weighted by Gasteiger charge is -2.29. The van der Waals surface area contributed by atoms with Crippen molar-refractivity contribution in [2.24, 2.45) is 0 Å². The molecule has 1 aromatic carbocycles. The van der Waals surface area contributed by atoms with E-state index in [0.29, 0.717) is 12.8 Å². The standard InChI is InChI=1S/C11H12ClF2NO2S/c12-18(16,17)15-6-4-8(5-7-15)11-9(13)2-1-3-10(11)14/h1-3,8H,4-7H2. The minimum absolute atomic E-state index is 0.0455. The smallest absolute Gasteiger partial charge is 0.207 e. The molecule has 18 heavy (non-hydrogen) atoms. The zero-order chi connectivity index (χ0) is 13.3. The monoisotopic (exact) mass is 295 g/mol. The van der Waals surface area contributed by atoms with Crippen LogP contribution in [-0.4, -0.2) is 25.8 Å². The molecule has 0 atom stereocenters. The third-order valence-electron chi connectivity index (χ3n) is 3.17. The molecule has 3 nitrogen and oxygen atoms in total. The highest BCUT2D eigenvalue weighted by atomic mass is 35.7. The summed E-state index contributed by atoms with van der Waals surface area (Å²) < 4.78 is 50.5. The molecule has 0 spiro atoms. The van der Waals surface area contributed by atoms with Gasteiger partial charge >= 0.3 is 0 Å². The van der Waals surface area contributed by atoms with Gasteiger partial charge in [0, 0.05) is 29.3 Å². The third kappa shape index (κ3) is 2.81. The summed E-state index contributed by atoms with van der Waals surface area (Å²) in [5.41, 5.74) is 0.0455. The van der Waals surface area contributed by atoms with Gasteiger partial charge in [0.25, 0.3) is 9.24 Å². The molecule has 0 bridgehead atoms. The van der Waals surface area contributed by atoms with E-state index in [4.69, 9.17) is 10.7 Å². The maximum Gasteiger partial charge on any atom is 0.299 e. The summed E-state index contributed by atoms with van der Waals surface area (Å²) >= 11 is 0. The van der Waals surface area contributed by atoms with E-state index in [9.17, 15) is 17.2 Å². The Balaban J connectivity index is 2.15. The number of rotatable bonds is 2. The summed E-state index contributed by atoms with van der Waals surface area (Å²) in [6.07, 6.45) is 0.730. The number of halogens is 3. The Morgan fingerprint density at radius 2 is 1.67 bits per heavy atom. The Morgan fingerprint density at radius 3 is 2.11 bits per heavy atom. The predicted molar refractivity (Wildman–Crippen MR) is 64.7 cm³/mol. The second-order valence-electron chi connectivity index (χ2n) is 4.25. The van der Waals surface area contributed by atoms with Gasteiger partial charge < -0.3 is 0 Å². The first kappa shape index (κ1) is 13.7. The molecule has 7 heteroatoms. The SMILES string of the molecule is O=S(=O)(Cl)N1CCC(c2c(F)cccc2F)CC1. The maximum atomic E-state index is 13.6. The molecule has 0 unspecified atom stereocenters. The van der Waals surface area contributed by atoms with Gasteiger partial charge in [-0.3, -0.25) is 0 Å². The van der Waals surface area contributed by atoms with Crippen LogP contribution < -0.4 is 0 Å². The van der Waals surface area contributed by atoms with Gasteiger partial charge in [0.15, 0.2) is 0 Å². The van der Waals surface area contributed by atoms with Crippen molar-refractivity contribution in [2.75, 3.05) is 13.1 Å². The first-order valence-electron chi connectivity index (χ1n) is 5.53. The fourth-order valence-electron chi connectivity index (χ4n) is 2.26. The van der Waals surface area contributed by atoms with Crippen molar-refractivity contribution in [1.82, 2.24) is 4.31 Å². The lowest BCUT2D eigenvalue weighted by molar-refractivity contribution is 0.316. The highest BCUT2D eigenvalue weighted by molar-refractivity contribution is 8.11. The van der Waals surface area contributed by atoms with Gasteiger partial charge in [0.2, 0.25) is 0 Å². The lowest BCUT2D eigenvalue weighted by atomic mass is 9.89. The quantitative estimate of drug-likeness (QED) is 0.787. The summed E-state index contributed by atoms with van der Waals surface area (Å²) in [6, 6.07) is 3.73. The van der Waals surface area contributed by atoms with Crippen molar-refractivity contribution < 1.29 is 17.2 Å².